The molecule has 6 nitrogen and oxygen atoms in total. The van der Waals surface area contributed by atoms with Crippen molar-refractivity contribution in [2.24, 2.45) is 0 Å². The number of hydrogen-bond acceptors (Lipinski definition) is 5. The Balaban J connectivity index is 5.65. The summed E-state index contributed by atoms with van der Waals surface area (Å²) >= 11 is 0. The van der Waals surface area contributed by atoms with Crippen molar-refractivity contribution in [3.8, 4) is 0 Å². The number of nitrogens with zero attached hydrogens (tertiary/aromatic N) is 1. The van der Waals surface area contributed by atoms with Crippen LogP contribution in [0.2, 0.25) is 0 Å². The Labute approximate surface area is 136 Å². The zero-order chi connectivity index (χ0) is 17.8. The summed E-state index contributed by atoms with van der Waals surface area (Å²) in [4.78, 5) is 0. The summed E-state index contributed by atoms with van der Waals surface area (Å²) in [7, 11) is -6.91. The number of rotatable bonds is 10. The van der Waals surface area contributed by atoms with Crippen molar-refractivity contribution in [3.63, 3.8) is 0 Å². The van der Waals surface area contributed by atoms with Gasteiger partial charge in [-0.3, -0.25) is 0 Å². The normalized spacial score (nSPS) is 16.7. The first-order chi connectivity index (χ1) is 9.74. The van der Waals surface area contributed by atoms with Gasteiger partial charge >= 0.3 is 0 Å². The fourth-order valence-electron chi connectivity index (χ4n) is 2.30. The lowest BCUT2D eigenvalue weighted by atomic mass is 10.0. The van der Waals surface area contributed by atoms with Gasteiger partial charge in [0.2, 0.25) is 10.0 Å². The highest BCUT2D eigenvalue weighted by Gasteiger charge is 2.39. The average molecular weight is 358 g/mol. The Bertz CT molecular complexity index is 540. The predicted octanol–water partition coefficient (Wildman–Crippen LogP) is 1.66. The van der Waals surface area contributed by atoms with Gasteiger partial charge in [0.25, 0.3) is 0 Å². The van der Waals surface area contributed by atoms with E-state index in [4.69, 9.17) is 4.74 Å². The topological polar surface area (TPSA) is 80.8 Å². The minimum atomic E-state index is -3.57. The van der Waals surface area contributed by atoms with E-state index in [0.29, 0.717) is 6.42 Å². The molecule has 8 heteroatoms. The molecule has 0 amide bonds. The van der Waals surface area contributed by atoms with Crippen molar-refractivity contribution in [2.45, 2.75) is 65.1 Å². The first-order valence-corrected chi connectivity index (χ1v) is 11.4. The van der Waals surface area contributed by atoms with E-state index in [1.165, 1.54) is 4.31 Å². The van der Waals surface area contributed by atoms with Crippen LogP contribution in [0, 0.1) is 0 Å². The van der Waals surface area contributed by atoms with E-state index in [-0.39, 0.29) is 18.5 Å². The molecular weight excluding hydrogens is 326 g/mol. The Morgan fingerprint density at radius 1 is 1.09 bits per heavy atom. The summed E-state index contributed by atoms with van der Waals surface area (Å²) in [6, 6.07) is -0.728. The van der Waals surface area contributed by atoms with Gasteiger partial charge in [0.05, 0.1) is 30.8 Å². The molecule has 0 rings (SSSR count). The summed E-state index contributed by atoms with van der Waals surface area (Å²) in [6.07, 6.45) is 3.53. The Hall–Kier alpha value is -0.180. The first-order valence-electron chi connectivity index (χ1n) is 7.53. The average Bonchev–Trinajstić information content (AvgIpc) is 2.31. The molecule has 2 unspecified atom stereocenters. The van der Waals surface area contributed by atoms with E-state index < -0.39 is 31.4 Å². The van der Waals surface area contributed by atoms with Crippen molar-refractivity contribution >= 4 is 19.9 Å². The van der Waals surface area contributed by atoms with E-state index in [0.717, 1.165) is 18.9 Å². The minimum Gasteiger partial charge on any atom is -0.377 e. The monoisotopic (exact) mass is 357 g/mol. The van der Waals surface area contributed by atoms with Crippen molar-refractivity contribution in [1.82, 2.24) is 4.31 Å². The van der Waals surface area contributed by atoms with Crippen LogP contribution in [0.4, 0.5) is 0 Å². The molecule has 0 aliphatic carbocycles. The van der Waals surface area contributed by atoms with Crippen LogP contribution < -0.4 is 0 Å². The number of ether oxygens (including phenoxy) is 1. The van der Waals surface area contributed by atoms with Gasteiger partial charge in [-0.25, -0.2) is 16.8 Å². The van der Waals surface area contributed by atoms with Crippen LogP contribution in [0.3, 0.4) is 0 Å². The molecule has 22 heavy (non-hydrogen) atoms. The minimum absolute atomic E-state index is 0.0480. The standard InChI is InChI=1S/C14H31NO5S2/c1-8-12(3)20-10-13(11-21(6,16)17)15(22(7,18)19)14(4,5)9-2/h12-13H,8-11H2,1-7H3. The molecule has 0 saturated heterocycles. The maximum Gasteiger partial charge on any atom is 0.212 e. The van der Waals surface area contributed by atoms with Crippen molar-refractivity contribution in [3.05, 3.63) is 0 Å². The van der Waals surface area contributed by atoms with Crippen LogP contribution in [-0.4, -0.2) is 63.7 Å². The van der Waals surface area contributed by atoms with E-state index in [1.54, 1.807) is 13.8 Å². The number of sulfonamides is 1. The Kier molecular flexibility index (Phi) is 8.01. The van der Waals surface area contributed by atoms with Gasteiger partial charge in [0.15, 0.2) is 0 Å². The molecule has 0 aromatic rings. The molecule has 0 N–H and O–H groups in total. The summed E-state index contributed by atoms with van der Waals surface area (Å²) in [5.74, 6) is -0.250. The molecule has 0 heterocycles. The molecule has 0 aromatic carbocycles. The predicted molar refractivity (Wildman–Crippen MR) is 90.3 cm³/mol. The largest absolute Gasteiger partial charge is 0.377 e. The lowest BCUT2D eigenvalue weighted by molar-refractivity contribution is 0.0216. The van der Waals surface area contributed by atoms with Gasteiger partial charge in [0, 0.05) is 11.8 Å². The Morgan fingerprint density at radius 3 is 1.91 bits per heavy atom. The van der Waals surface area contributed by atoms with Gasteiger partial charge in [-0.1, -0.05) is 13.8 Å². The quantitative estimate of drug-likeness (QED) is 0.594. The maximum atomic E-state index is 12.3. The molecule has 134 valence electrons. The zero-order valence-corrected chi connectivity index (χ0v) is 16.4. The van der Waals surface area contributed by atoms with Crippen LogP contribution in [0.1, 0.15) is 47.5 Å². The summed E-state index contributed by atoms with van der Waals surface area (Å²) < 4.78 is 54.9. The summed E-state index contributed by atoms with van der Waals surface area (Å²) in [6.45, 7) is 9.39. The van der Waals surface area contributed by atoms with Gasteiger partial charge in [-0.05, 0) is 33.6 Å². The molecular formula is C14H31NO5S2. The summed E-state index contributed by atoms with van der Waals surface area (Å²) in [5.41, 5.74) is -0.679. The smallest absolute Gasteiger partial charge is 0.212 e. The van der Waals surface area contributed by atoms with E-state index >= 15 is 0 Å². The number of sulfone groups is 1. The fraction of sp³-hybridized carbons (Fsp3) is 1.00. The van der Waals surface area contributed by atoms with Crippen LogP contribution in [0.15, 0.2) is 0 Å². The Morgan fingerprint density at radius 2 is 1.59 bits per heavy atom. The second-order valence-corrected chi connectivity index (χ2v) is 10.6. The van der Waals surface area contributed by atoms with Gasteiger partial charge in [-0.15, -0.1) is 0 Å². The van der Waals surface area contributed by atoms with Crippen molar-refractivity contribution in [2.75, 3.05) is 24.9 Å². The highest BCUT2D eigenvalue weighted by Crippen LogP contribution is 2.26. The second kappa shape index (κ2) is 8.08. The first kappa shape index (κ1) is 21.8. The lowest BCUT2D eigenvalue weighted by Crippen LogP contribution is -2.56. The van der Waals surface area contributed by atoms with E-state index in [9.17, 15) is 16.8 Å². The molecule has 0 bridgehead atoms. The second-order valence-electron chi connectivity index (χ2n) is 6.52. The third kappa shape index (κ3) is 7.39. The molecule has 0 aliphatic rings. The van der Waals surface area contributed by atoms with Gasteiger partial charge in [0.1, 0.15) is 9.84 Å². The van der Waals surface area contributed by atoms with E-state index in [1.807, 2.05) is 20.8 Å². The van der Waals surface area contributed by atoms with Gasteiger partial charge in [-0.2, -0.15) is 4.31 Å². The summed E-state index contributed by atoms with van der Waals surface area (Å²) in [5, 5.41) is 0. The van der Waals surface area contributed by atoms with Crippen molar-refractivity contribution < 1.29 is 21.6 Å². The van der Waals surface area contributed by atoms with Crippen LogP contribution in [0.5, 0.6) is 0 Å². The van der Waals surface area contributed by atoms with Crippen LogP contribution in [0.25, 0.3) is 0 Å². The van der Waals surface area contributed by atoms with Gasteiger partial charge < -0.3 is 4.74 Å². The molecule has 2 atom stereocenters. The molecule has 0 radical (unpaired) electrons. The van der Waals surface area contributed by atoms with E-state index in [2.05, 4.69) is 0 Å². The SMILES string of the molecule is CCC(C)OCC(CS(C)(=O)=O)N(C(C)(C)CC)S(C)(=O)=O. The third-order valence-corrected chi connectivity index (χ3v) is 6.29. The number of hydrogen-bond donors (Lipinski definition) is 0. The molecule has 0 fully saturated rings. The highest BCUT2D eigenvalue weighted by molar-refractivity contribution is 7.91. The van der Waals surface area contributed by atoms with Crippen LogP contribution in [-0.2, 0) is 24.6 Å². The maximum absolute atomic E-state index is 12.3. The zero-order valence-electron chi connectivity index (χ0n) is 14.8. The molecule has 0 saturated carbocycles. The van der Waals surface area contributed by atoms with Crippen LogP contribution >= 0.6 is 0 Å². The highest BCUT2D eigenvalue weighted by atomic mass is 32.2. The third-order valence-electron chi connectivity index (χ3n) is 3.79. The molecule has 0 spiro atoms. The molecule has 0 aromatic heterocycles. The lowest BCUT2D eigenvalue weighted by Gasteiger charge is -2.41. The fourth-order valence-corrected chi connectivity index (χ4v) is 5.04. The molecule has 0 aliphatic heterocycles. The van der Waals surface area contributed by atoms with Crippen molar-refractivity contribution in [1.29, 1.82) is 0 Å².